The van der Waals surface area contributed by atoms with Crippen molar-refractivity contribution in [3.8, 4) is 0 Å². The van der Waals surface area contributed by atoms with Gasteiger partial charge in [0.05, 0.1) is 6.33 Å². The summed E-state index contributed by atoms with van der Waals surface area (Å²) in [6.45, 7) is 4.23. The van der Waals surface area contributed by atoms with Gasteiger partial charge in [-0.1, -0.05) is 24.4 Å². The van der Waals surface area contributed by atoms with Gasteiger partial charge in [0.25, 0.3) is 0 Å². The van der Waals surface area contributed by atoms with Crippen LogP contribution in [0.25, 0.3) is 11.2 Å². The van der Waals surface area contributed by atoms with Crippen LogP contribution in [0.1, 0.15) is 51.4 Å². The molecule has 4 rings (SSSR count). The van der Waals surface area contributed by atoms with E-state index in [1.807, 2.05) is 18.5 Å². The molecule has 2 heterocycles. The normalized spacial score (nSPS) is 19.8. The molecule has 1 fully saturated rings. The van der Waals surface area contributed by atoms with Gasteiger partial charge < -0.3 is 21.4 Å². The topological polar surface area (TPSA) is 108 Å². The van der Waals surface area contributed by atoms with Crippen molar-refractivity contribution >= 4 is 40.0 Å². The maximum Gasteiger partial charge on any atom is 0.166 e. The predicted molar refractivity (Wildman–Crippen MR) is 118 cm³/mol. The Morgan fingerprint density at radius 1 is 1.21 bits per heavy atom. The lowest BCUT2D eigenvalue weighted by Gasteiger charge is -2.28. The summed E-state index contributed by atoms with van der Waals surface area (Å²) < 4.78 is 2.07. The van der Waals surface area contributed by atoms with Crippen LogP contribution in [0.4, 0.5) is 17.2 Å². The molecule has 1 aliphatic carbocycles. The summed E-state index contributed by atoms with van der Waals surface area (Å²) in [6, 6.07) is 5.82. The summed E-state index contributed by atoms with van der Waals surface area (Å²) in [4.78, 5) is 14.3. The molecule has 3 aromatic rings. The Labute approximate surface area is 175 Å². The molecule has 0 unspecified atom stereocenters. The summed E-state index contributed by atoms with van der Waals surface area (Å²) >= 11 is 6.17. The monoisotopic (exact) mass is 413 g/mol. The second kappa shape index (κ2) is 8.16. The first kappa shape index (κ1) is 19.9. The summed E-state index contributed by atoms with van der Waals surface area (Å²) in [5.41, 5.74) is 15.2. The lowest BCUT2D eigenvalue weighted by atomic mass is 9.83. The van der Waals surface area contributed by atoms with Gasteiger partial charge in [-0.15, -0.1) is 0 Å². The van der Waals surface area contributed by atoms with Crippen LogP contribution >= 0.6 is 11.6 Å². The molecular formula is C21H28ClN7. The molecule has 29 heavy (non-hydrogen) atoms. The fourth-order valence-corrected chi connectivity index (χ4v) is 4.31. The maximum absolute atomic E-state index is 6.38. The first-order valence-corrected chi connectivity index (χ1v) is 10.6. The number of nitrogens with one attached hydrogen (secondary N) is 1. The molecule has 0 bridgehead atoms. The average molecular weight is 414 g/mol. The highest BCUT2D eigenvalue weighted by Crippen LogP contribution is 2.30. The quantitative estimate of drug-likeness (QED) is 0.533. The molecule has 154 valence electrons. The minimum Gasteiger partial charge on any atom is -0.399 e. The van der Waals surface area contributed by atoms with Crippen molar-refractivity contribution in [2.24, 2.45) is 11.7 Å². The lowest BCUT2D eigenvalue weighted by Crippen LogP contribution is -2.34. The van der Waals surface area contributed by atoms with Gasteiger partial charge >= 0.3 is 0 Å². The third kappa shape index (κ3) is 4.31. The molecule has 0 spiro atoms. The second-order valence-electron chi connectivity index (χ2n) is 8.22. The Bertz CT molecular complexity index is 993. The van der Waals surface area contributed by atoms with Crippen molar-refractivity contribution in [1.29, 1.82) is 0 Å². The largest absolute Gasteiger partial charge is 0.399 e. The molecule has 0 aliphatic heterocycles. The molecule has 0 radical (unpaired) electrons. The van der Waals surface area contributed by atoms with Crippen LogP contribution < -0.4 is 16.8 Å². The number of benzene rings is 1. The van der Waals surface area contributed by atoms with E-state index in [2.05, 4.69) is 28.7 Å². The van der Waals surface area contributed by atoms with E-state index in [0.29, 0.717) is 22.4 Å². The van der Waals surface area contributed by atoms with Crippen LogP contribution in [0, 0.1) is 5.92 Å². The van der Waals surface area contributed by atoms with E-state index in [4.69, 9.17) is 33.0 Å². The molecule has 0 saturated heterocycles. The number of imidazole rings is 1. The van der Waals surface area contributed by atoms with Crippen molar-refractivity contribution in [2.75, 3.05) is 11.1 Å². The van der Waals surface area contributed by atoms with Gasteiger partial charge in [-0.05, 0) is 50.8 Å². The number of hydrogen-bond donors (Lipinski definition) is 3. The van der Waals surface area contributed by atoms with Crippen molar-refractivity contribution in [2.45, 2.75) is 58.0 Å². The number of rotatable bonds is 5. The fraction of sp³-hybridized carbons (Fsp3) is 0.476. The third-order valence-corrected chi connectivity index (χ3v) is 5.84. The highest BCUT2D eigenvalue weighted by atomic mass is 35.5. The second-order valence-corrected chi connectivity index (χ2v) is 8.65. The maximum atomic E-state index is 6.38. The molecule has 2 atom stereocenters. The Morgan fingerprint density at radius 3 is 2.72 bits per heavy atom. The van der Waals surface area contributed by atoms with Crippen LogP contribution in [0.2, 0.25) is 5.02 Å². The predicted octanol–water partition coefficient (Wildman–Crippen LogP) is 4.45. The molecule has 1 aromatic carbocycles. The highest BCUT2D eigenvalue weighted by Gasteiger charge is 2.24. The Kier molecular flexibility index (Phi) is 5.61. The lowest BCUT2D eigenvalue weighted by molar-refractivity contribution is 0.302. The molecule has 7 nitrogen and oxygen atoms in total. The number of hydrogen-bond acceptors (Lipinski definition) is 6. The average Bonchev–Trinajstić information content (AvgIpc) is 3.07. The van der Waals surface area contributed by atoms with Crippen LogP contribution in [0.3, 0.4) is 0 Å². The van der Waals surface area contributed by atoms with Crippen molar-refractivity contribution in [1.82, 2.24) is 19.5 Å². The van der Waals surface area contributed by atoms with E-state index < -0.39 is 0 Å². The number of nitrogens with two attached hydrogens (primary N) is 2. The van der Waals surface area contributed by atoms with Gasteiger partial charge in [0.2, 0.25) is 0 Å². The Hall–Kier alpha value is -2.38. The number of halogens is 1. The number of nitrogen functional groups attached to an aromatic ring is 1. The van der Waals surface area contributed by atoms with E-state index in [9.17, 15) is 0 Å². The number of aromatic nitrogens is 4. The smallest absolute Gasteiger partial charge is 0.166 e. The minimum absolute atomic E-state index is 0.210. The SMILES string of the molecule is CC(C)n1cnc2c(Nc3cc(N)cc(Cl)c3)nc(C[C@H]3CCCC[C@H]3N)nc21. The van der Waals surface area contributed by atoms with Gasteiger partial charge in [-0.2, -0.15) is 0 Å². The van der Waals surface area contributed by atoms with Crippen LogP contribution in [0.15, 0.2) is 24.5 Å². The molecule has 5 N–H and O–H groups in total. The van der Waals surface area contributed by atoms with E-state index in [1.165, 1.54) is 12.8 Å². The van der Waals surface area contributed by atoms with Crippen LogP contribution in [0.5, 0.6) is 0 Å². The standard InChI is InChI=1S/C21H28ClN7/c1-12(2)29-11-25-19-20(26-16-9-14(22)8-15(23)10-16)27-18(28-21(19)29)7-13-5-3-4-6-17(13)24/h8-13,17H,3-7,23-24H2,1-2H3,(H,26,27,28)/t13-,17-/m1/s1. The van der Waals surface area contributed by atoms with Crippen LogP contribution in [-0.4, -0.2) is 25.6 Å². The van der Waals surface area contributed by atoms with Gasteiger partial charge in [-0.3, -0.25) is 0 Å². The zero-order chi connectivity index (χ0) is 20.5. The summed E-state index contributed by atoms with van der Waals surface area (Å²) in [6.07, 6.45) is 7.21. The summed E-state index contributed by atoms with van der Waals surface area (Å²) in [5.74, 6) is 1.86. The number of nitrogens with zero attached hydrogens (tertiary/aromatic N) is 4. The molecule has 8 heteroatoms. The first-order valence-electron chi connectivity index (χ1n) is 10.2. The van der Waals surface area contributed by atoms with Crippen molar-refractivity contribution in [3.63, 3.8) is 0 Å². The molecular weight excluding hydrogens is 386 g/mol. The van der Waals surface area contributed by atoms with E-state index >= 15 is 0 Å². The number of fused-ring (bicyclic) bond motifs is 1. The van der Waals surface area contributed by atoms with Gasteiger partial charge in [0.1, 0.15) is 5.82 Å². The zero-order valence-corrected chi connectivity index (χ0v) is 17.7. The van der Waals surface area contributed by atoms with Crippen molar-refractivity contribution in [3.05, 3.63) is 35.4 Å². The Morgan fingerprint density at radius 2 is 2.00 bits per heavy atom. The Balaban J connectivity index is 1.75. The van der Waals surface area contributed by atoms with E-state index in [1.54, 1.807) is 6.07 Å². The highest BCUT2D eigenvalue weighted by molar-refractivity contribution is 6.31. The molecule has 0 amide bonds. The van der Waals surface area contributed by atoms with Gasteiger partial charge in [0, 0.05) is 34.9 Å². The van der Waals surface area contributed by atoms with E-state index in [0.717, 1.165) is 41.9 Å². The summed E-state index contributed by atoms with van der Waals surface area (Å²) in [5, 5.41) is 3.92. The van der Waals surface area contributed by atoms with E-state index in [-0.39, 0.29) is 12.1 Å². The fourth-order valence-electron chi connectivity index (χ4n) is 4.06. The van der Waals surface area contributed by atoms with Crippen LogP contribution in [-0.2, 0) is 6.42 Å². The minimum atomic E-state index is 0.210. The molecule has 1 saturated carbocycles. The zero-order valence-electron chi connectivity index (χ0n) is 16.9. The number of anilines is 3. The first-order chi connectivity index (χ1) is 13.9. The third-order valence-electron chi connectivity index (χ3n) is 5.62. The van der Waals surface area contributed by atoms with Crippen molar-refractivity contribution < 1.29 is 0 Å². The van der Waals surface area contributed by atoms with Gasteiger partial charge in [-0.25, -0.2) is 15.0 Å². The summed E-state index contributed by atoms with van der Waals surface area (Å²) in [7, 11) is 0. The van der Waals surface area contributed by atoms with Gasteiger partial charge in [0.15, 0.2) is 17.0 Å². The molecule has 2 aromatic heterocycles. The molecule has 1 aliphatic rings.